The number of unbranched alkanes of at least 4 members (excludes halogenated alkanes) is 3. The molecule has 1 amide bonds. The van der Waals surface area contributed by atoms with Crippen LogP contribution in [0.5, 0.6) is 11.5 Å². The molecule has 0 aromatic heterocycles. The minimum Gasteiger partial charge on any atom is -0.494 e. The smallest absolute Gasteiger partial charge is 0.343 e. The fourth-order valence-corrected chi connectivity index (χ4v) is 2.70. The van der Waals surface area contributed by atoms with Gasteiger partial charge in [-0.1, -0.05) is 44.9 Å². The van der Waals surface area contributed by atoms with Crippen LogP contribution in [0, 0.1) is 0 Å². The van der Waals surface area contributed by atoms with E-state index in [0.29, 0.717) is 30.9 Å². The van der Waals surface area contributed by atoms with Gasteiger partial charge in [0.2, 0.25) is 5.91 Å². The zero-order valence-electron chi connectivity index (χ0n) is 17.0. The largest absolute Gasteiger partial charge is 0.494 e. The van der Waals surface area contributed by atoms with E-state index in [1.807, 2.05) is 12.1 Å². The van der Waals surface area contributed by atoms with Gasteiger partial charge in [0, 0.05) is 6.54 Å². The average molecular weight is 395 g/mol. The molecule has 29 heavy (non-hydrogen) atoms. The molecule has 0 heterocycles. The molecule has 0 bridgehead atoms. The molecular weight excluding hydrogens is 366 g/mol. The van der Waals surface area contributed by atoms with E-state index >= 15 is 0 Å². The summed E-state index contributed by atoms with van der Waals surface area (Å²) in [5.41, 5.74) is 1.51. The normalized spacial score (nSPS) is 10.2. The Hall–Kier alpha value is -3.08. The van der Waals surface area contributed by atoms with Crippen LogP contribution in [-0.4, -0.2) is 25.0 Å². The second-order valence-corrected chi connectivity index (χ2v) is 6.71. The summed E-state index contributed by atoms with van der Waals surface area (Å²) in [4.78, 5) is 23.4. The fourth-order valence-electron chi connectivity index (χ4n) is 2.70. The molecule has 2 aromatic rings. The van der Waals surface area contributed by atoms with Crippen LogP contribution in [0.15, 0.2) is 61.2 Å². The summed E-state index contributed by atoms with van der Waals surface area (Å²) in [5.74, 6) is 0.630. The van der Waals surface area contributed by atoms with Gasteiger partial charge in [0.05, 0.1) is 12.2 Å². The highest BCUT2D eigenvalue weighted by atomic mass is 16.5. The topological polar surface area (TPSA) is 64.6 Å². The number of hydrogen-bond acceptors (Lipinski definition) is 4. The van der Waals surface area contributed by atoms with Crippen molar-refractivity contribution in [1.29, 1.82) is 0 Å². The molecule has 5 nitrogen and oxygen atoms in total. The monoisotopic (exact) mass is 395 g/mol. The van der Waals surface area contributed by atoms with Crippen molar-refractivity contribution >= 4 is 11.9 Å². The van der Waals surface area contributed by atoms with Gasteiger partial charge in [-0.3, -0.25) is 4.79 Å². The summed E-state index contributed by atoms with van der Waals surface area (Å²) in [5, 5.41) is 2.72. The van der Waals surface area contributed by atoms with Crippen LogP contribution in [-0.2, 0) is 11.2 Å². The maximum atomic E-state index is 12.3. The molecular formula is C24H29NO4. The van der Waals surface area contributed by atoms with Gasteiger partial charge >= 0.3 is 5.97 Å². The molecule has 0 saturated carbocycles. The molecule has 0 aliphatic heterocycles. The van der Waals surface area contributed by atoms with Gasteiger partial charge in [0.1, 0.15) is 11.5 Å². The number of nitrogens with one attached hydrogen (secondary N) is 1. The second kappa shape index (κ2) is 12.4. The van der Waals surface area contributed by atoms with E-state index in [2.05, 4.69) is 18.8 Å². The standard InChI is InChI=1S/C24H29NO4/c1-3-5-6-7-18-28-21-14-10-20(11-15-21)24(27)29-22-12-8-19(9-13-22)16-17-25-23(26)4-2/h4,8-15H,2-3,5-7,16-18H2,1H3,(H,25,26). The van der Waals surface area contributed by atoms with Crippen LogP contribution >= 0.6 is 0 Å². The summed E-state index contributed by atoms with van der Waals surface area (Å²) in [6.07, 6.45) is 6.56. The van der Waals surface area contributed by atoms with Crippen molar-refractivity contribution in [3.05, 3.63) is 72.3 Å². The Bertz CT molecular complexity index is 782. The zero-order valence-corrected chi connectivity index (χ0v) is 17.0. The first-order chi connectivity index (χ1) is 14.1. The third-order valence-electron chi connectivity index (χ3n) is 4.39. The van der Waals surface area contributed by atoms with Crippen LogP contribution in [0.3, 0.4) is 0 Å². The highest BCUT2D eigenvalue weighted by molar-refractivity contribution is 5.91. The molecule has 0 fully saturated rings. The maximum absolute atomic E-state index is 12.3. The first-order valence-electron chi connectivity index (χ1n) is 10.1. The Balaban J connectivity index is 1.78. The Kier molecular flexibility index (Phi) is 9.49. The molecule has 0 saturated heterocycles. The van der Waals surface area contributed by atoms with E-state index < -0.39 is 5.97 Å². The van der Waals surface area contributed by atoms with Gasteiger partial charge in [-0.2, -0.15) is 0 Å². The van der Waals surface area contributed by atoms with Crippen LogP contribution in [0.4, 0.5) is 0 Å². The minimum absolute atomic E-state index is 0.191. The summed E-state index contributed by atoms with van der Waals surface area (Å²) < 4.78 is 11.1. The predicted molar refractivity (Wildman–Crippen MR) is 114 cm³/mol. The Morgan fingerprint density at radius 3 is 2.31 bits per heavy atom. The molecule has 0 aliphatic rings. The van der Waals surface area contributed by atoms with E-state index in [0.717, 1.165) is 17.7 Å². The molecule has 0 spiro atoms. The minimum atomic E-state index is -0.412. The average Bonchev–Trinajstić information content (AvgIpc) is 2.75. The van der Waals surface area contributed by atoms with E-state index in [-0.39, 0.29) is 5.91 Å². The lowest BCUT2D eigenvalue weighted by Crippen LogP contribution is -2.23. The van der Waals surface area contributed by atoms with Crippen LogP contribution in [0.1, 0.15) is 48.5 Å². The van der Waals surface area contributed by atoms with Crippen molar-refractivity contribution in [3.8, 4) is 11.5 Å². The summed E-state index contributed by atoms with van der Waals surface area (Å²) in [6, 6.07) is 14.2. The molecule has 0 unspecified atom stereocenters. The predicted octanol–water partition coefficient (Wildman–Crippen LogP) is 4.71. The van der Waals surface area contributed by atoms with E-state index in [1.165, 1.54) is 25.3 Å². The lowest BCUT2D eigenvalue weighted by molar-refractivity contribution is -0.116. The van der Waals surface area contributed by atoms with Crippen LogP contribution < -0.4 is 14.8 Å². The van der Waals surface area contributed by atoms with Gasteiger partial charge in [0.25, 0.3) is 0 Å². The van der Waals surface area contributed by atoms with Crippen molar-refractivity contribution in [2.24, 2.45) is 0 Å². The third-order valence-corrected chi connectivity index (χ3v) is 4.39. The first kappa shape index (κ1) is 22.2. The van der Waals surface area contributed by atoms with Gasteiger partial charge in [-0.05, 0) is 60.9 Å². The van der Waals surface area contributed by atoms with Crippen LogP contribution in [0.2, 0.25) is 0 Å². The molecule has 0 radical (unpaired) electrons. The molecule has 1 N–H and O–H groups in total. The molecule has 2 aromatic carbocycles. The number of rotatable bonds is 12. The van der Waals surface area contributed by atoms with Crippen molar-refractivity contribution in [1.82, 2.24) is 5.32 Å². The van der Waals surface area contributed by atoms with Crippen molar-refractivity contribution in [2.45, 2.75) is 39.0 Å². The van der Waals surface area contributed by atoms with Crippen LogP contribution in [0.25, 0.3) is 0 Å². The highest BCUT2D eigenvalue weighted by Gasteiger charge is 2.09. The maximum Gasteiger partial charge on any atom is 0.343 e. The highest BCUT2D eigenvalue weighted by Crippen LogP contribution is 2.17. The first-order valence-corrected chi connectivity index (χ1v) is 10.1. The fraction of sp³-hybridized carbons (Fsp3) is 0.333. The number of benzene rings is 2. The molecule has 5 heteroatoms. The zero-order chi connectivity index (χ0) is 20.9. The Labute approximate surface area is 172 Å². The number of esters is 1. The van der Waals surface area contributed by atoms with Gasteiger partial charge in [-0.25, -0.2) is 4.79 Å². The lowest BCUT2D eigenvalue weighted by atomic mass is 10.1. The Morgan fingerprint density at radius 2 is 1.66 bits per heavy atom. The second-order valence-electron chi connectivity index (χ2n) is 6.71. The summed E-state index contributed by atoms with van der Waals surface area (Å²) in [6.45, 7) is 6.80. The Morgan fingerprint density at radius 1 is 0.966 bits per heavy atom. The van der Waals surface area contributed by atoms with Gasteiger partial charge in [-0.15, -0.1) is 0 Å². The van der Waals surface area contributed by atoms with Gasteiger partial charge < -0.3 is 14.8 Å². The molecule has 0 aliphatic carbocycles. The van der Waals surface area contributed by atoms with E-state index in [9.17, 15) is 9.59 Å². The summed E-state index contributed by atoms with van der Waals surface area (Å²) in [7, 11) is 0. The number of ether oxygens (including phenoxy) is 2. The third kappa shape index (κ3) is 8.21. The number of amides is 1. The van der Waals surface area contributed by atoms with Gasteiger partial charge in [0.15, 0.2) is 0 Å². The van der Waals surface area contributed by atoms with Crippen molar-refractivity contribution < 1.29 is 19.1 Å². The van der Waals surface area contributed by atoms with Crippen molar-refractivity contribution in [2.75, 3.05) is 13.2 Å². The SMILES string of the molecule is C=CC(=O)NCCc1ccc(OC(=O)c2ccc(OCCCCCC)cc2)cc1. The number of carbonyl (C=O) groups excluding carboxylic acids is 2. The quantitative estimate of drug-likeness (QED) is 0.245. The molecule has 0 atom stereocenters. The molecule has 154 valence electrons. The lowest BCUT2D eigenvalue weighted by Gasteiger charge is -2.08. The number of carbonyl (C=O) groups is 2. The molecule has 2 rings (SSSR count). The number of hydrogen-bond donors (Lipinski definition) is 1. The summed E-state index contributed by atoms with van der Waals surface area (Å²) >= 11 is 0. The van der Waals surface area contributed by atoms with Crippen molar-refractivity contribution in [3.63, 3.8) is 0 Å². The van der Waals surface area contributed by atoms with E-state index in [1.54, 1.807) is 36.4 Å². The van der Waals surface area contributed by atoms with E-state index in [4.69, 9.17) is 9.47 Å².